The number of pyridine rings is 1. The third-order valence-electron chi connectivity index (χ3n) is 5.86. The van der Waals surface area contributed by atoms with Crippen molar-refractivity contribution in [2.75, 3.05) is 26.7 Å². The van der Waals surface area contributed by atoms with Crippen LogP contribution < -0.4 is 5.32 Å². The van der Waals surface area contributed by atoms with E-state index in [9.17, 15) is 9.59 Å². The fourth-order valence-corrected chi connectivity index (χ4v) is 4.18. The topological polar surface area (TPSA) is 75.9 Å². The molecule has 0 spiro atoms. The summed E-state index contributed by atoms with van der Waals surface area (Å²) in [6.45, 7) is 9.03. The Morgan fingerprint density at radius 2 is 1.89 bits per heavy atom. The van der Waals surface area contributed by atoms with E-state index in [0.717, 1.165) is 17.7 Å². The summed E-state index contributed by atoms with van der Waals surface area (Å²) in [5.41, 5.74) is 1.83. The van der Waals surface area contributed by atoms with E-state index in [1.807, 2.05) is 46.0 Å². The van der Waals surface area contributed by atoms with Crippen LogP contribution in [0.15, 0.2) is 30.5 Å². The second-order valence-corrected chi connectivity index (χ2v) is 8.12. The van der Waals surface area contributed by atoms with Crippen LogP contribution in [0.1, 0.15) is 48.8 Å². The number of halogens is 2. The lowest BCUT2D eigenvalue weighted by molar-refractivity contribution is -0.138. The van der Waals surface area contributed by atoms with Crippen LogP contribution in [0.3, 0.4) is 0 Å². The monoisotopic (exact) mass is 486 g/mol. The predicted molar refractivity (Wildman–Crippen MR) is 130 cm³/mol. The van der Waals surface area contributed by atoms with E-state index >= 15 is 8.78 Å². The SMILES string of the molecule is CC.CCC(=O)N1CCOC(Cc2c(-c3c(F)cc(C(=O)NC)cc3F)nc3cc(C)ccn23)C1. The molecule has 2 amide bonds. The first kappa shape index (κ1) is 26.3. The van der Waals surface area contributed by atoms with Crippen molar-refractivity contribution in [2.45, 2.75) is 46.6 Å². The first-order valence-corrected chi connectivity index (χ1v) is 11.9. The Kier molecular flexibility index (Phi) is 8.56. The van der Waals surface area contributed by atoms with Crippen LogP contribution in [0.2, 0.25) is 0 Å². The van der Waals surface area contributed by atoms with Crippen LogP contribution in [0.5, 0.6) is 0 Å². The van der Waals surface area contributed by atoms with Gasteiger partial charge in [-0.1, -0.05) is 20.8 Å². The Morgan fingerprint density at radius 3 is 2.51 bits per heavy atom. The molecule has 1 fully saturated rings. The van der Waals surface area contributed by atoms with Crippen LogP contribution in [-0.2, 0) is 16.0 Å². The number of carbonyl (C=O) groups is 2. The minimum Gasteiger partial charge on any atom is -0.374 e. The lowest BCUT2D eigenvalue weighted by Gasteiger charge is -2.33. The Morgan fingerprint density at radius 1 is 1.20 bits per heavy atom. The highest BCUT2D eigenvalue weighted by Gasteiger charge is 2.28. The van der Waals surface area contributed by atoms with E-state index in [-0.39, 0.29) is 28.8 Å². The molecule has 1 aliphatic heterocycles. The molecule has 7 nitrogen and oxygen atoms in total. The third kappa shape index (κ3) is 5.51. The summed E-state index contributed by atoms with van der Waals surface area (Å²) in [7, 11) is 1.39. The summed E-state index contributed by atoms with van der Waals surface area (Å²) in [5, 5.41) is 2.37. The Labute approximate surface area is 204 Å². The van der Waals surface area contributed by atoms with Crippen molar-refractivity contribution in [2.24, 2.45) is 0 Å². The fraction of sp³-hybridized carbons (Fsp3) is 0.423. The number of ether oxygens (including phenoxy) is 1. The van der Waals surface area contributed by atoms with Crippen LogP contribution in [0.25, 0.3) is 16.9 Å². The molecular weight excluding hydrogens is 454 g/mol. The zero-order chi connectivity index (χ0) is 25.7. The molecule has 1 saturated heterocycles. The van der Waals surface area contributed by atoms with Gasteiger partial charge in [0.1, 0.15) is 17.3 Å². The lowest BCUT2D eigenvalue weighted by atomic mass is 10.0. The molecule has 3 heterocycles. The summed E-state index contributed by atoms with van der Waals surface area (Å²) < 4.78 is 37.9. The first-order valence-electron chi connectivity index (χ1n) is 11.9. The standard InChI is InChI=1S/C24H26F2N4O3.C2H6/c1-4-21(31)29-7-8-33-16(13-29)12-19-23(28-20-9-14(2)5-6-30(19)20)22-17(25)10-15(11-18(22)26)24(32)27-3;1-2/h5-6,9-11,16H,4,7-8,12-13H2,1-3H3,(H,27,32);1-2H3. The number of carbonyl (C=O) groups excluding carboxylic acids is 2. The van der Waals surface area contributed by atoms with E-state index in [2.05, 4.69) is 10.3 Å². The molecule has 1 aliphatic rings. The van der Waals surface area contributed by atoms with Gasteiger partial charge in [0.05, 0.1) is 29.7 Å². The van der Waals surface area contributed by atoms with Gasteiger partial charge in [0.25, 0.3) is 5.91 Å². The zero-order valence-electron chi connectivity index (χ0n) is 20.8. The first-order chi connectivity index (χ1) is 16.8. The number of rotatable bonds is 5. The Balaban J connectivity index is 0.00000167. The smallest absolute Gasteiger partial charge is 0.251 e. The molecule has 0 radical (unpaired) electrons. The molecule has 1 atom stereocenters. The normalized spacial score (nSPS) is 15.5. The summed E-state index contributed by atoms with van der Waals surface area (Å²) in [4.78, 5) is 30.3. The Hall–Kier alpha value is -3.33. The molecule has 3 aromatic rings. The van der Waals surface area contributed by atoms with Crippen molar-refractivity contribution in [3.8, 4) is 11.3 Å². The quantitative estimate of drug-likeness (QED) is 0.588. The van der Waals surface area contributed by atoms with Crippen molar-refractivity contribution in [3.63, 3.8) is 0 Å². The molecule has 9 heteroatoms. The van der Waals surface area contributed by atoms with Gasteiger partial charge in [0.15, 0.2) is 0 Å². The molecule has 0 aliphatic carbocycles. The van der Waals surface area contributed by atoms with Gasteiger partial charge in [0, 0.05) is 44.7 Å². The molecule has 2 aromatic heterocycles. The largest absolute Gasteiger partial charge is 0.374 e. The van der Waals surface area contributed by atoms with Gasteiger partial charge in [-0.2, -0.15) is 0 Å². The molecular formula is C26H32F2N4O3. The number of imidazole rings is 1. The highest BCUT2D eigenvalue weighted by Crippen LogP contribution is 2.32. The fourth-order valence-electron chi connectivity index (χ4n) is 4.18. The maximum Gasteiger partial charge on any atom is 0.251 e. The highest BCUT2D eigenvalue weighted by atomic mass is 19.1. The average Bonchev–Trinajstić information content (AvgIpc) is 3.20. The van der Waals surface area contributed by atoms with Gasteiger partial charge in [-0.15, -0.1) is 0 Å². The van der Waals surface area contributed by atoms with Gasteiger partial charge >= 0.3 is 0 Å². The number of amides is 2. The summed E-state index contributed by atoms with van der Waals surface area (Å²) in [6, 6.07) is 5.73. The average molecular weight is 487 g/mol. The second kappa shape index (κ2) is 11.4. The number of aromatic nitrogens is 2. The third-order valence-corrected chi connectivity index (χ3v) is 5.86. The number of benzene rings is 1. The van der Waals surface area contributed by atoms with Crippen LogP contribution in [0.4, 0.5) is 8.78 Å². The van der Waals surface area contributed by atoms with E-state index in [1.54, 1.807) is 9.30 Å². The van der Waals surface area contributed by atoms with Crippen molar-refractivity contribution in [3.05, 3.63) is 58.9 Å². The molecule has 188 valence electrons. The zero-order valence-corrected chi connectivity index (χ0v) is 20.8. The summed E-state index contributed by atoms with van der Waals surface area (Å²) in [5.74, 6) is -2.29. The van der Waals surface area contributed by atoms with Crippen molar-refractivity contribution in [1.82, 2.24) is 19.6 Å². The molecule has 1 unspecified atom stereocenters. The molecule has 0 saturated carbocycles. The van der Waals surface area contributed by atoms with Gasteiger partial charge in [-0.25, -0.2) is 13.8 Å². The predicted octanol–water partition coefficient (Wildman–Crippen LogP) is 4.15. The molecule has 4 rings (SSSR count). The number of morpholine rings is 1. The number of fused-ring (bicyclic) bond motifs is 1. The number of nitrogens with one attached hydrogen (secondary N) is 1. The maximum atomic E-state index is 15.1. The van der Waals surface area contributed by atoms with Crippen molar-refractivity contribution >= 4 is 17.5 Å². The minimum absolute atomic E-state index is 0.0409. The molecule has 1 N–H and O–H groups in total. The van der Waals surface area contributed by atoms with Crippen LogP contribution in [-0.4, -0.2) is 58.9 Å². The van der Waals surface area contributed by atoms with Gasteiger partial charge in [-0.05, 0) is 36.8 Å². The molecule has 0 bridgehead atoms. The summed E-state index contributed by atoms with van der Waals surface area (Å²) >= 11 is 0. The number of hydrogen-bond donors (Lipinski definition) is 1. The minimum atomic E-state index is -0.873. The van der Waals surface area contributed by atoms with Gasteiger partial charge in [0.2, 0.25) is 5.91 Å². The van der Waals surface area contributed by atoms with Crippen LogP contribution >= 0.6 is 0 Å². The van der Waals surface area contributed by atoms with E-state index < -0.39 is 17.5 Å². The van der Waals surface area contributed by atoms with Crippen molar-refractivity contribution in [1.29, 1.82) is 0 Å². The number of aryl methyl sites for hydroxylation is 1. The van der Waals surface area contributed by atoms with Gasteiger partial charge in [-0.3, -0.25) is 9.59 Å². The second-order valence-electron chi connectivity index (χ2n) is 8.12. The maximum absolute atomic E-state index is 15.1. The van der Waals surface area contributed by atoms with Gasteiger partial charge < -0.3 is 19.4 Å². The van der Waals surface area contributed by atoms with E-state index in [1.165, 1.54) is 7.05 Å². The van der Waals surface area contributed by atoms with E-state index in [0.29, 0.717) is 43.9 Å². The molecule has 1 aromatic carbocycles. The van der Waals surface area contributed by atoms with Crippen LogP contribution in [0, 0.1) is 18.6 Å². The lowest BCUT2D eigenvalue weighted by Crippen LogP contribution is -2.46. The number of hydrogen-bond acceptors (Lipinski definition) is 4. The highest BCUT2D eigenvalue weighted by molar-refractivity contribution is 5.94. The van der Waals surface area contributed by atoms with E-state index in [4.69, 9.17) is 4.74 Å². The number of nitrogens with zero attached hydrogens (tertiary/aromatic N) is 3. The molecule has 35 heavy (non-hydrogen) atoms. The summed E-state index contributed by atoms with van der Waals surface area (Å²) in [6.07, 6.45) is 2.18. The van der Waals surface area contributed by atoms with Crippen molar-refractivity contribution < 1.29 is 23.1 Å². The Bertz CT molecular complexity index is 1200.